The summed E-state index contributed by atoms with van der Waals surface area (Å²) in [7, 11) is 0. The van der Waals surface area contributed by atoms with E-state index >= 15 is 0 Å². The summed E-state index contributed by atoms with van der Waals surface area (Å²) in [6.45, 7) is 2.94. The minimum atomic E-state index is 0.0514. The molecule has 0 aliphatic carbocycles. The first-order valence-corrected chi connectivity index (χ1v) is 7.32. The van der Waals surface area contributed by atoms with Gasteiger partial charge in [0.2, 0.25) is 0 Å². The first kappa shape index (κ1) is 15.4. The molecule has 0 atom stereocenters. The van der Waals surface area contributed by atoms with Gasteiger partial charge in [-0.25, -0.2) is 0 Å². The van der Waals surface area contributed by atoms with Gasteiger partial charge in [-0.2, -0.15) is 0 Å². The molecule has 5 heteroatoms. The van der Waals surface area contributed by atoms with Gasteiger partial charge in [-0.3, -0.25) is 5.41 Å². The lowest BCUT2D eigenvalue weighted by molar-refractivity contribution is 0.217. The third-order valence-corrected chi connectivity index (χ3v) is 3.81. The number of hydrogen-bond acceptors (Lipinski definition) is 3. The number of nitrogens with two attached hydrogens (primary N) is 1. The maximum atomic E-state index is 7.31. The third-order valence-electron chi connectivity index (χ3n) is 2.92. The van der Waals surface area contributed by atoms with Gasteiger partial charge in [-0.05, 0) is 55.0 Å². The molecule has 2 aromatic carbocycles. The summed E-state index contributed by atoms with van der Waals surface area (Å²) in [5.41, 5.74) is 7.21. The fourth-order valence-electron chi connectivity index (χ4n) is 1.76. The Labute approximate surface area is 132 Å². The Bertz CT molecular complexity index is 627. The molecule has 4 nitrogen and oxygen atoms in total. The Morgan fingerprint density at radius 1 is 1.05 bits per heavy atom. The summed E-state index contributed by atoms with van der Waals surface area (Å²) in [5.74, 6) is 1.61. The number of hydrogen-bond donors (Lipinski definition) is 2. The summed E-state index contributed by atoms with van der Waals surface area (Å²) >= 11 is 3.45. The van der Waals surface area contributed by atoms with E-state index < -0.39 is 0 Å². The van der Waals surface area contributed by atoms with Gasteiger partial charge >= 0.3 is 0 Å². The van der Waals surface area contributed by atoms with Gasteiger partial charge in [-0.1, -0.05) is 15.9 Å². The molecule has 3 N–H and O–H groups in total. The van der Waals surface area contributed by atoms with Crippen molar-refractivity contribution >= 4 is 21.8 Å². The van der Waals surface area contributed by atoms with Crippen LogP contribution in [-0.4, -0.2) is 19.0 Å². The van der Waals surface area contributed by atoms with E-state index in [1.165, 1.54) is 0 Å². The SMILES string of the molecule is Cc1cc(OCCOc2ccc(C(=N)N)cc2)ccc1Br. The Morgan fingerprint density at radius 3 is 2.19 bits per heavy atom. The molecule has 0 aliphatic rings. The van der Waals surface area contributed by atoms with E-state index in [0.29, 0.717) is 18.8 Å². The van der Waals surface area contributed by atoms with Gasteiger partial charge in [0, 0.05) is 10.0 Å². The van der Waals surface area contributed by atoms with E-state index in [2.05, 4.69) is 15.9 Å². The maximum Gasteiger partial charge on any atom is 0.122 e. The second-order valence-electron chi connectivity index (χ2n) is 4.55. The molecule has 2 aromatic rings. The lowest BCUT2D eigenvalue weighted by atomic mass is 10.2. The van der Waals surface area contributed by atoms with Crippen molar-refractivity contribution in [3.8, 4) is 11.5 Å². The van der Waals surface area contributed by atoms with Crippen molar-refractivity contribution in [3.63, 3.8) is 0 Å². The van der Waals surface area contributed by atoms with E-state index in [1.54, 1.807) is 24.3 Å². The summed E-state index contributed by atoms with van der Waals surface area (Å²) in [4.78, 5) is 0. The zero-order valence-corrected chi connectivity index (χ0v) is 13.3. The standard InChI is InChI=1S/C16H17BrN2O2/c1-11-10-14(6-7-15(11)17)21-9-8-20-13-4-2-12(3-5-13)16(18)19/h2-7,10H,8-9H2,1H3,(H3,18,19). The molecule has 0 saturated heterocycles. The Kier molecular flexibility index (Phi) is 5.22. The molecule has 110 valence electrons. The van der Waals surface area contributed by atoms with Crippen LogP contribution in [0.4, 0.5) is 0 Å². The summed E-state index contributed by atoms with van der Waals surface area (Å²) in [6, 6.07) is 13.0. The second kappa shape index (κ2) is 7.13. The van der Waals surface area contributed by atoms with Crippen molar-refractivity contribution in [2.24, 2.45) is 5.73 Å². The molecule has 0 saturated carbocycles. The molecular weight excluding hydrogens is 332 g/mol. The predicted octanol–water partition coefficient (Wildman–Crippen LogP) is 3.50. The van der Waals surface area contributed by atoms with E-state index in [-0.39, 0.29) is 5.84 Å². The van der Waals surface area contributed by atoms with Gasteiger partial charge in [0.1, 0.15) is 30.5 Å². The van der Waals surface area contributed by atoms with Crippen molar-refractivity contribution < 1.29 is 9.47 Å². The van der Waals surface area contributed by atoms with E-state index in [0.717, 1.165) is 21.5 Å². The normalized spacial score (nSPS) is 10.2. The van der Waals surface area contributed by atoms with Gasteiger partial charge < -0.3 is 15.2 Å². The maximum absolute atomic E-state index is 7.31. The fraction of sp³-hybridized carbons (Fsp3) is 0.188. The van der Waals surface area contributed by atoms with Gasteiger partial charge in [-0.15, -0.1) is 0 Å². The highest BCUT2D eigenvalue weighted by atomic mass is 79.9. The number of nitrogens with one attached hydrogen (secondary N) is 1. The molecule has 0 spiro atoms. The highest BCUT2D eigenvalue weighted by molar-refractivity contribution is 9.10. The van der Waals surface area contributed by atoms with Crippen LogP contribution < -0.4 is 15.2 Å². The van der Waals surface area contributed by atoms with Gasteiger partial charge in [0.25, 0.3) is 0 Å². The Hall–Kier alpha value is -2.01. The first-order valence-electron chi connectivity index (χ1n) is 6.52. The average Bonchev–Trinajstić information content (AvgIpc) is 2.47. The van der Waals surface area contributed by atoms with Crippen LogP contribution in [-0.2, 0) is 0 Å². The topological polar surface area (TPSA) is 68.3 Å². The van der Waals surface area contributed by atoms with Crippen molar-refractivity contribution in [3.05, 3.63) is 58.1 Å². The molecule has 0 bridgehead atoms. The number of benzene rings is 2. The lowest BCUT2D eigenvalue weighted by Crippen LogP contribution is -2.11. The van der Waals surface area contributed by atoms with Crippen LogP contribution in [0.3, 0.4) is 0 Å². The van der Waals surface area contributed by atoms with Crippen molar-refractivity contribution in [1.82, 2.24) is 0 Å². The van der Waals surface area contributed by atoms with Crippen molar-refractivity contribution in [2.75, 3.05) is 13.2 Å². The number of ether oxygens (including phenoxy) is 2. The molecule has 21 heavy (non-hydrogen) atoms. The predicted molar refractivity (Wildman–Crippen MR) is 87.3 cm³/mol. The molecule has 0 aromatic heterocycles. The monoisotopic (exact) mass is 348 g/mol. The van der Waals surface area contributed by atoms with E-state index in [9.17, 15) is 0 Å². The highest BCUT2D eigenvalue weighted by Crippen LogP contribution is 2.21. The number of halogens is 1. The number of rotatable bonds is 6. The number of aryl methyl sites for hydroxylation is 1. The molecule has 0 amide bonds. The summed E-state index contributed by atoms with van der Waals surface area (Å²) in [6.07, 6.45) is 0. The lowest BCUT2D eigenvalue weighted by Gasteiger charge is -2.09. The second-order valence-corrected chi connectivity index (χ2v) is 5.40. The van der Waals surface area contributed by atoms with E-state index in [4.69, 9.17) is 20.6 Å². The van der Waals surface area contributed by atoms with Crippen LogP contribution in [0.5, 0.6) is 11.5 Å². The molecule has 0 unspecified atom stereocenters. The van der Waals surface area contributed by atoms with Crippen LogP contribution in [0.25, 0.3) is 0 Å². The van der Waals surface area contributed by atoms with Crippen molar-refractivity contribution in [1.29, 1.82) is 5.41 Å². The fourth-order valence-corrected chi connectivity index (χ4v) is 2.00. The average molecular weight is 349 g/mol. The first-order chi connectivity index (χ1) is 10.1. The molecule has 0 heterocycles. The van der Waals surface area contributed by atoms with Crippen LogP contribution in [0, 0.1) is 12.3 Å². The third kappa shape index (κ3) is 4.49. The largest absolute Gasteiger partial charge is 0.490 e. The van der Waals surface area contributed by atoms with Crippen LogP contribution in [0.1, 0.15) is 11.1 Å². The van der Waals surface area contributed by atoms with Gasteiger partial charge in [0.05, 0.1) is 0 Å². The van der Waals surface area contributed by atoms with Crippen molar-refractivity contribution in [2.45, 2.75) is 6.92 Å². The molecule has 2 rings (SSSR count). The van der Waals surface area contributed by atoms with Crippen LogP contribution >= 0.6 is 15.9 Å². The molecule has 0 fully saturated rings. The quantitative estimate of drug-likeness (QED) is 0.476. The number of nitrogen functional groups attached to an aromatic ring is 1. The zero-order chi connectivity index (χ0) is 15.2. The van der Waals surface area contributed by atoms with Gasteiger partial charge in [0.15, 0.2) is 0 Å². The van der Waals surface area contributed by atoms with Crippen LogP contribution in [0.2, 0.25) is 0 Å². The molecule has 0 aliphatic heterocycles. The summed E-state index contributed by atoms with van der Waals surface area (Å²) < 4.78 is 12.3. The Morgan fingerprint density at radius 2 is 1.62 bits per heavy atom. The minimum Gasteiger partial charge on any atom is -0.490 e. The summed E-state index contributed by atoms with van der Waals surface area (Å²) in [5, 5.41) is 7.31. The van der Waals surface area contributed by atoms with E-state index in [1.807, 2.05) is 25.1 Å². The number of amidine groups is 1. The van der Waals surface area contributed by atoms with Crippen LogP contribution in [0.15, 0.2) is 46.9 Å². The highest BCUT2D eigenvalue weighted by Gasteiger charge is 2.00. The molecule has 0 radical (unpaired) electrons. The zero-order valence-electron chi connectivity index (χ0n) is 11.7. The molecular formula is C16H17BrN2O2. The Balaban J connectivity index is 1.79. The minimum absolute atomic E-state index is 0.0514. The smallest absolute Gasteiger partial charge is 0.122 e.